The predicted molar refractivity (Wildman–Crippen MR) is 131 cm³/mol. The average molecular weight is 451 g/mol. The van der Waals surface area contributed by atoms with Gasteiger partial charge in [0.1, 0.15) is 0 Å². The maximum Gasteiger partial charge on any atom is 0.337 e. The first kappa shape index (κ1) is 23.9. The van der Waals surface area contributed by atoms with Gasteiger partial charge in [0.15, 0.2) is 6.10 Å². The molecule has 0 saturated carbocycles. The number of piperazine rings is 1. The molecule has 0 bridgehead atoms. The maximum atomic E-state index is 10.2. The van der Waals surface area contributed by atoms with Crippen LogP contribution < -0.4 is 10.2 Å². The second kappa shape index (κ2) is 11.7. The topological polar surface area (TPSA) is 72.8 Å². The lowest BCUT2D eigenvalue weighted by Crippen LogP contribution is -2.43. The van der Waals surface area contributed by atoms with Crippen molar-refractivity contribution < 1.29 is 15.0 Å². The standard InChI is InChI=1S/C18H22N2S.C8H8O3/c1-14-7-8-17(15(2)13-14)21-18-6-4-3-5-16(18)20-11-9-19-10-12-20;9-7(8(10)11)6-4-2-1-3-5-6/h3-8,13,19H,9-12H2,1-2H3;1-5,7,9H,(H,10,11)/t;7-/m.0/s1. The van der Waals surface area contributed by atoms with E-state index in [2.05, 4.69) is 66.5 Å². The van der Waals surface area contributed by atoms with E-state index in [1.165, 1.54) is 26.6 Å². The van der Waals surface area contributed by atoms with Crippen LogP contribution in [-0.2, 0) is 4.79 Å². The molecule has 3 N–H and O–H groups in total. The highest BCUT2D eigenvalue weighted by Gasteiger charge is 2.15. The molecule has 0 spiro atoms. The van der Waals surface area contributed by atoms with E-state index in [9.17, 15) is 4.79 Å². The van der Waals surface area contributed by atoms with E-state index >= 15 is 0 Å². The summed E-state index contributed by atoms with van der Waals surface area (Å²) in [6.45, 7) is 8.67. The Morgan fingerprint density at radius 2 is 1.59 bits per heavy atom. The number of nitrogens with zero attached hydrogens (tertiary/aromatic N) is 1. The van der Waals surface area contributed by atoms with Crippen molar-refractivity contribution in [1.82, 2.24) is 5.32 Å². The number of carboxylic acids is 1. The molecule has 1 aliphatic heterocycles. The first-order chi connectivity index (χ1) is 15.5. The molecule has 6 heteroatoms. The maximum absolute atomic E-state index is 10.2. The first-order valence-corrected chi connectivity index (χ1v) is 11.5. The summed E-state index contributed by atoms with van der Waals surface area (Å²) >= 11 is 1.88. The molecule has 3 aromatic rings. The van der Waals surface area contributed by atoms with Gasteiger partial charge in [-0.3, -0.25) is 0 Å². The van der Waals surface area contributed by atoms with Crippen molar-refractivity contribution in [2.24, 2.45) is 0 Å². The third-order valence-corrected chi connectivity index (χ3v) is 6.47. The number of aliphatic hydroxyl groups is 1. The van der Waals surface area contributed by atoms with Gasteiger partial charge in [-0.1, -0.05) is 71.9 Å². The van der Waals surface area contributed by atoms with Crippen molar-refractivity contribution in [2.45, 2.75) is 29.7 Å². The average Bonchev–Trinajstić information content (AvgIpc) is 2.82. The van der Waals surface area contributed by atoms with Crippen LogP contribution in [0.15, 0.2) is 82.6 Å². The van der Waals surface area contributed by atoms with Crippen molar-refractivity contribution in [3.63, 3.8) is 0 Å². The number of aliphatic hydroxyl groups excluding tert-OH is 1. The van der Waals surface area contributed by atoms with Crippen LogP contribution in [0.5, 0.6) is 0 Å². The molecule has 5 nitrogen and oxygen atoms in total. The molecule has 1 atom stereocenters. The molecule has 0 aromatic heterocycles. The second-order valence-corrected chi connectivity index (χ2v) is 8.81. The minimum Gasteiger partial charge on any atom is -0.479 e. The minimum atomic E-state index is -1.41. The lowest BCUT2D eigenvalue weighted by atomic mass is 10.1. The molecule has 0 aliphatic carbocycles. The smallest absolute Gasteiger partial charge is 0.337 e. The van der Waals surface area contributed by atoms with Crippen LogP contribution in [0.25, 0.3) is 0 Å². The van der Waals surface area contributed by atoms with Crippen molar-refractivity contribution in [3.05, 3.63) is 89.5 Å². The molecule has 1 heterocycles. The molecule has 1 fully saturated rings. The van der Waals surface area contributed by atoms with E-state index in [0.29, 0.717) is 5.56 Å². The van der Waals surface area contributed by atoms with Gasteiger partial charge in [0.05, 0.1) is 5.69 Å². The Morgan fingerprint density at radius 3 is 2.25 bits per heavy atom. The van der Waals surface area contributed by atoms with Gasteiger partial charge in [-0.2, -0.15) is 0 Å². The number of carboxylic acid groups (broad SMARTS) is 1. The Bertz CT molecular complexity index is 1020. The van der Waals surface area contributed by atoms with Crippen molar-refractivity contribution in [1.29, 1.82) is 0 Å². The molecule has 4 rings (SSSR count). The second-order valence-electron chi connectivity index (χ2n) is 7.73. The number of aliphatic carboxylic acids is 1. The zero-order valence-corrected chi connectivity index (χ0v) is 19.3. The molecule has 0 radical (unpaired) electrons. The quantitative estimate of drug-likeness (QED) is 0.525. The van der Waals surface area contributed by atoms with Crippen molar-refractivity contribution >= 4 is 23.4 Å². The lowest BCUT2D eigenvalue weighted by molar-refractivity contribution is -0.146. The summed E-state index contributed by atoms with van der Waals surface area (Å²) in [5.41, 5.74) is 4.45. The van der Waals surface area contributed by atoms with Gasteiger partial charge in [-0.05, 0) is 43.2 Å². The third-order valence-electron chi connectivity index (χ3n) is 5.22. The van der Waals surface area contributed by atoms with Gasteiger partial charge >= 0.3 is 5.97 Å². The molecule has 168 valence electrons. The monoisotopic (exact) mass is 450 g/mol. The molecule has 1 saturated heterocycles. The highest BCUT2D eigenvalue weighted by molar-refractivity contribution is 7.99. The van der Waals surface area contributed by atoms with Crippen LogP contribution in [0.3, 0.4) is 0 Å². The van der Waals surface area contributed by atoms with Crippen LogP contribution in [-0.4, -0.2) is 42.4 Å². The van der Waals surface area contributed by atoms with Crippen molar-refractivity contribution in [3.8, 4) is 0 Å². The van der Waals surface area contributed by atoms with Gasteiger partial charge in [0.2, 0.25) is 0 Å². The Morgan fingerprint density at radius 1 is 0.938 bits per heavy atom. The normalized spacial score (nSPS) is 14.3. The van der Waals surface area contributed by atoms with E-state index in [1.54, 1.807) is 30.3 Å². The fraction of sp³-hybridized carbons (Fsp3) is 0.269. The van der Waals surface area contributed by atoms with Gasteiger partial charge in [-0.25, -0.2) is 4.79 Å². The summed E-state index contributed by atoms with van der Waals surface area (Å²) < 4.78 is 0. The summed E-state index contributed by atoms with van der Waals surface area (Å²) in [7, 11) is 0. The summed E-state index contributed by atoms with van der Waals surface area (Å²) in [6.07, 6.45) is -1.41. The SMILES string of the molecule is Cc1ccc(Sc2ccccc2N2CCNCC2)c(C)c1.O=C(O)[C@@H](O)c1ccccc1. The number of carbonyl (C=O) groups is 1. The highest BCUT2D eigenvalue weighted by Crippen LogP contribution is 2.37. The zero-order chi connectivity index (χ0) is 22.9. The largest absolute Gasteiger partial charge is 0.479 e. The number of hydrogen-bond acceptors (Lipinski definition) is 5. The van der Waals surface area contributed by atoms with Gasteiger partial charge in [0.25, 0.3) is 0 Å². The lowest BCUT2D eigenvalue weighted by Gasteiger charge is -2.31. The Kier molecular flexibility index (Phi) is 8.73. The number of anilines is 1. The van der Waals surface area contributed by atoms with Crippen LogP contribution >= 0.6 is 11.8 Å². The molecule has 1 aliphatic rings. The Hall–Kier alpha value is -2.80. The highest BCUT2D eigenvalue weighted by atomic mass is 32.2. The first-order valence-electron chi connectivity index (χ1n) is 10.7. The molecule has 32 heavy (non-hydrogen) atoms. The van der Waals surface area contributed by atoms with E-state index in [4.69, 9.17) is 10.2 Å². The Labute approximate surface area is 194 Å². The number of rotatable bonds is 5. The van der Waals surface area contributed by atoms with E-state index in [0.717, 1.165) is 26.2 Å². The van der Waals surface area contributed by atoms with Crippen LogP contribution in [0, 0.1) is 13.8 Å². The van der Waals surface area contributed by atoms with E-state index < -0.39 is 12.1 Å². The third kappa shape index (κ3) is 6.60. The summed E-state index contributed by atoms with van der Waals surface area (Å²) in [6, 6.07) is 23.7. The van der Waals surface area contributed by atoms with Gasteiger partial charge < -0.3 is 20.4 Å². The molecule has 0 unspecified atom stereocenters. The number of benzene rings is 3. The van der Waals surface area contributed by atoms with Gasteiger partial charge in [0, 0.05) is 36.0 Å². The van der Waals surface area contributed by atoms with Crippen LogP contribution in [0.4, 0.5) is 5.69 Å². The minimum absolute atomic E-state index is 0.403. The molecular weight excluding hydrogens is 420 g/mol. The summed E-state index contributed by atoms with van der Waals surface area (Å²) in [5.74, 6) is -1.23. The number of hydrogen-bond donors (Lipinski definition) is 3. The fourth-order valence-corrected chi connectivity index (χ4v) is 4.56. The van der Waals surface area contributed by atoms with Crippen LogP contribution in [0.1, 0.15) is 22.8 Å². The summed E-state index contributed by atoms with van der Waals surface area (Å²) in [4.78, 5) is 15.4. The predicted octanol–water partition coefficient (Wildman–Crippen LogP) is 4.67. The number of nitrogens with one attached hydrogen (secondary N) is 1. The summed E-state index contributed by atoms with van der Waals surface area (Å²) in [5, 5.41) is 20.8. The fourth-order valence-electron chi connectivity index (χ4n) is 3.52. The van der Waals surface area contributed by atoms with Crippen LogP contribution in [0.2, 0.25) is 0 Å². The van der Waals surface area contributed by atoms with Crippen molar-refractivity contribution in [2.75, 3.05) is 31.1 Å². The molecular formula is C26H30N2O3S. The zero-order valence-electron chi connectivity index (χ0n) is 18.5. The number of para-hydroxylation sites is 1. The van der Waals surface area contributed by atoms with E-state index in [1.807, 2.05) is 11.8 Å². The molecule has 3 aromatic carbocycles. The van der Waals surface area contributed by atoms with E-state index in [-0.39, 0.29) is 0 Å². The number of aryl methyl sites for hydroxylation is 2. The molecule has 0 amide bonds. The van der Waals surface area contributed by atoms with Gasteiger partial charge in [-0.15, -0.1) is 0 Å². The Balaban J connectivity index is 0.000000222.